The maximum atomic E-state index is 13.5. The summed E-state index contributed by atoms with van der Waals surface area (Å²) in [6.07, 6.45) is 0. The molecular formula is C20H15ClFN5O2. The van der Waals surface area contributed by atoms with Gasteiger partial charge in [0, 0.05) is 22.2 Å². The molecule has 0 fully saturated rings. The highest BCUT2D eigenvalue weighted by atomic mass is 35.5. The van der Waals surface area contributed by atoms with Crippen molar-refractivity contribution in [3.63, 3.8) is 0 Å². The van der Waals surface area contributed by atoms with Crippen LogP contribution in [0, 0.1) is 5.82 Å². The van der Waals surface area contributed by atoms with Crippen LogP contribution in [0.1, 0.15) is 10.4 Å². The molecule has 0 atom stereocenters. The summed E-state index contributed by atoms with van der Waals surface area (Å²) in [5.41, 5.74) is 1.53. The van der Waals surface area contributed by atoms with E-state index in [1.165, 1.54) is 16.6 Å². The van der Waals surface area contributed by atoms with Crippen molar-refractivity contribution in [1.82, 2.24) is 25.1 Å². The number of fused-ring (bicyclic) bond motifs is 1. The predicted octanol–water partition coefficient (Wildman–Crippen LogP) is 3.39. The predicted molar refractivity (Wildman–Crippen MR) is 105 cm³/mol. The van der Waals surface area contributed by atoms with E-state index in [0.29, 0.717) is 33.5 Å². The molecule has 4 aromatic rings. The lowest BCUT2D eigenvalue weighted by Crippen LogP contribution is -2.28. The molecule has 146 valence electrons. The smallest absolute Gasteiger partial charge is 0.251 e. The van der Waals surface area contributed by atoms with Crippen molar-refractivity contribution in [3.05, 3.63) is 77.1 Å². The number of carbonyl (C=O) groups is 1. The van der Waals surface area contributed by atoms with Crippen LogP contribution in [0.3, 0.4) is 0 Å². The molecule has 7 nitrogen and oxygen atoms in total. The maximum Gasteiger partial charge on any atom is 0.251 e. The molecule has 0 aliphatic carbocycles. The van der Waals surface area contributed by atoms with Gasteiger partial charge in [-0.1, -0.05) is 29.8 Å². The van der Waals surface area contributed by atoms with E-state index in [-0.39, 0.29) is 24.9 Å². The number of ether oxygens (including phenoxy) is 1. The van der Waals surface area contributed by atoms with Gasteiger partial charge < -0.3 is 10.1 Å². The molecule has 2 aromatic carbocycles. The number of hydrogen-bond donors (Lipinski definition) is 1. The summed E-state index contributed by atoms with van der Waals surface area (Å²) < 4.78 is 20.6. The minimum absolute atomic E-state index is 0.211. The third-order valence-corrected chi connectivity index (χ3v) is 4.28. The van der Waals surface area contributed by atoms with Crippen molar-refractivity contribution in [2.45, 2.75) is 0 Å². The molecule has 0 saturated heterocycles. The van der Waals surface area contributed by atoms with Gasteiger partial charge in [-0.15, -0.1) is 15.3 Å². The third kappa shape index (κ3) is 4.33. The molecule has 29 heavy (non-hydrogen) atoms. The molecule has 4 rings (SSSR count). The SMILES string of the molecule is O=C(NCCOc1ccc2nnc(-c3cccc(F)c3)n2n1)c1cccc(Cl)c1. The Morgan fingerprint density at radius 3 is 2.79 bits per heavy atom. The van der Waals surface area contributed by atoms with Gasteiger partial charge in [-0.3, -0.25) is 4.79 Å². The van der Waals surface area contributed by atoms with Crippen LogP contribution in [0.2, 0.25) is 5.02 Å². The van der Waals surface area contributed by atoms with Crippen LogP contribution in [0.15, 0.2) is 60.7 Å². The standard InChI is InChI=1S/C20H15ClFN5O2/c21-15-5-1-4-14(11-15)20(28)23-9-10-29-18-8-7-17-24-25-19(27(17)26-18)13-3-2-6-16(22)12-13/h1-8,11-12H,9-10H2,(H,23,28). The molecule has 1 N–H and O–H groups in total. The van der Waals surface area contributed by atoms with Gasteiger partial charge >= 0.3 is 0 Å². The van der Waals surface area contributed by atoms with E-state index in [9.17, 15) is 9.18 Å². The van der Waals surface area contributed by atoms with E-state index in [1.54, 1.807) is 48.5 Å². The normalized spacial score (nSPS) is 10.8. The molecule has 0 aliphatic rings. The highest BCUT2D eigenvalue weighted by Gasteiger charge is 2.11. The Hall–Kier alpha value is -3.52. The Morgan fingerprint density at radius 2 is 1.97 bits per heavy atom. The van der Waals surface area contributed by atoms with Crippen molar-refractivity contribution in [2.24, 2.45) is 0 Å². The van der Waals surface area contributed by atoms with E-state index >= 15 is 0 Å². The average Bonchev–Trinajstić information content (AvgIpc) is 3.14. The first kappa shape index (κ1) is 18.8. The fraction of sp³-hybridized carbons (Fsp3) is 0.100. The van der Waals surface area contributed by atoms with Gasteiger partial charge in [-0.05, 0) is 36.4 Å². The van der Waals surface area contributed by atoms with E-state index < -0.39 is 0 Å². The van der Waals surface area contributed by atoms with Gasteiger partial charge in [0.25, 0.3) is 5.91 Å². The number of nitrogens with zero attached hydrogens (tertiary/aromatic N) is 4. The van der Waals surface area contributed by atoms with Gasteiger partial charge in [-0.2, -0.15) is 4.52 Å². The summed E-state index contributed by atoms with van der Waals surface area (Å²) in [5.74, 6) is 0.111. The van der Waals surface area contributed by atoms with Gasteiger partial charge in [-0.25, -0.2) is 4.39 Å². The fourth-order valence-corrected chi connectivity index (χ4v) is 2.90. The van der Waals surface area contributed by atoms with Gasteiger partial charge in [0.15, 0.2) is 11.5 Å². The zero-order valence-corrected chi connectivity index (χ0v) is 15.8. The van der Waals surface area contributed by atoms with E-state index in [2.05, 4.69) is 20.6 Å². The number of hydrogen-bond acceptors (Lipinski definition) is 5. The molecule has 0 bridgehead atoms. The Morgan fingerprint density at radius 1 is 1.10 bits per heavy atom. The second-order valence-electron chi connectivity index (χ2n) is 6.09. The van der Waals surface area contributed by atoms with Crippen LogP contribution >= 0.6 is 11.6 Å². The molecular weight excluding hydrogens is 397 g/mol. The van der Waals surface area contributed by atoms with Crippen LogP contribution in [0.25, 0.3) is 17.0 Å². The topological polar surface area (TPSA) is 81.4 Å². The summed E-state index contributed by atoms with van der Waals surface area (Å²) in [7, 11) is 0. The molecule has 2 heterocycles. The van der Waals surface area contributed by atoms with Crippen molar-refractivity contribution in [1.29, 1.82) is 0 Å². The molecule has 0 aliphatic heterocycles. The lowest BCUT2D eigenvalue weighted by atomic mass is 10.2. The molecule has 0 saturated carbocycles. The van der Waals surface area contributed by atoms with Gasteiger partial charge in [0.2, 0.25) is 5.88 Å². The van der Waals surface area contributed by atoms with E-state index in [1.807, 2.05) is 0 Å². The second kappa shape index (κ2) is 8.24. The summed E-state index contributed by atoms with van der Waals surface area (Å²) in [6, 6.07) is 16.1. The molecule has 0 radical (unpaired) electrons. The molecule has 9 heteroatoms. The maximum absolute atomic E-state index is 13.5. The summed E-state index contributed by atoms with van der Waals surface area (Å²) >= 11 is 5.89. The second-order valence-corrected chi connectivity index (χ2v) is 6.53. The number of rotatable bonds is 6. The van der Waals surface area contributed by atoms with Crippen molar-refractivity contribution in [2.75, 3.05) is 13.2 Å². The highest BCUT2D eigenvalue weighted by Crippen LogP contribution is 2.19. The quantitative estimate of drug-likeness (QED) is 0.492. The Kier molecular flexibility index (Phi) is 5.35. The summed E-state index contributed by atoms with van der Waals surface area (Å²) in [6.45, 7) is 0.492. The van der Waals surface area contributed by atoms with Crippen LogP contribution in [0.5, 0.6) is 5.88 Å². The van der Waals surface area contributed by atoms with Gasteiger partial charge in [0.05, 0.1) is 6.54 Å². The molecule has 2 aromatic heterocycles. The zero-order chi connectivity index (χ0) is 20.2. The molecule has 0 unspecified atom stereocenters. The van der Waals surface area contributed by atoms with E-state index in [4.69, 9.17) is 16.3 Å². The van der Waals surface area contributed by atoms with Crippen LogP contribution in [-0.4, -0.2) is 38.9 Å². The van der Waals surface area contributed by atoms with Gasteiger partial charge in [0.1, 0.15) is 12.4 Å². The number of halogens is 2. The summed E-state index contributed by atoms with van der Waals surface area (Å²) in [4.78, 5) is 12.1. The molecule has 1 amide bonds. The number of amides is 1. The molecule has 0 spiro atoms. The Labute approximate surface area is 170 Å². The van der Waals surface area contributed by atoms with Crippen LogP contribution in [0.4, 0.5) is 4.39 Å². The third-order valence-electron chi connectivity index (χ3n) is 4.05. The zero-order valence-electron chi connectivity index (χ0n) is 15.0. The van der Waals surface area contributed by atoms with Crippen molar-refractivity contribution in [3.8, 4) is 17.3 Å². The van der Waals surface area contributed by atoms with Crippen LogP contribution < -0.4 is 10.1 Å². The average molecular weight is 412 g/mol. The number of aromatic nitrogens is 4. The first-order valence-electron chi connectivity index (χ1n) is 8.75. The largest absolute Gasteiger partial charge is 0.475 e. The van der Waals surface area contributed by atoms with E-state index in [0.717, 1.165) is 0 Å². The fourth-order valence-electron chi connectivity index (χ4n) is 2.71. The minimum Gasteiger partial charge on any atom is -0.475 e. The highest BCUT2D eigenvalue weighted by molar-refractivity contribution is 6.30. The first-order chi connectivity index (χ1) is 14.1. The van der Waals surface area contributed by atoms with Crippen LogP contribution in [-0.2, 0) is 0 Å². The number of nitrogens with one attached hydrogen (secondary N) is 1. The Bertz CT molecular complexity index is 1180. The summed E-state index contributed by atoms with van der Waals surface area (Å²) in [5, 5.41) is 15.7. The number of carbonyl (C=O) groups excluding carboxylic acids is 1. The monoisotopic (exact) mass is 411 g/mol. The minimum atomic E-state index is -0.373. The van der Waals surface area contributed by atoms with Crippen molar-refractivity contribution >= 4 is 23.2 Å². The first-order valence-corrected chi connectivity index (χ1v) is 9.13. The van der Waals surface area contributed by atoms with Crippen molar-refractivity contribution < 1.29 is 13.9 Å². The Balaban J connectivity index is 1.41. The lowest BCUT2D eigenvalue weighted by Gasteiger charge is -2.08. The lowest BCUT2D eigenvalue weighted by molar-refractivity contribution is 0.0946. The number of benzene rings is 2.